The van der Waals surface area contributed by atoms with Gasteiger partial charge in [-0.2, -0.15) is 0 Å². The fourth-order valence-electron chi connectivity index (χ4n) is 3.28. The Bertz CT molecular complexity index is 365. The monoisotopic (exact) mass is 275 g/mol. The Hall–Kier alpha value is -0.860. The highest BCUT2D eigenvalue weighted by molar-refractivity contribution is 5.20. The van der Waals surface area contributed by atoms with Crippen LogP contribution in [0.4, 0.5) is 0 Å². The number of rotatable bonds is 7. The summed E-state index contributed by atoms with van der Waals surface area (Å²) in [4.78, 5) is 0. The van der Waals surface area contributed by atoms with Crippen LogP contribution < -0.4 is 5.73 Å². The molecule has 3 unspecified atom stereocenters. The van der Waals surface area contributed by atoms with Crippen LogP contribution in [-0.4, -0.2) is 19.3 Å². The minimum absolute atomic E-state index is 0.357. The summed E-state index contributed by atoms with van der Waals surface area (Å²) in [6, 6.07) is 10.9. The molecule has 0 bridgehead atoms. The van der Waals surface area contributed by atoms with Crippen LogP contribution in [0.2, 0.25) is 0 Å². The summed E-state index contributed by atoms with van der Waals surface area (Å²) in [5.74, 6) is 1.20. The van der Waals surface area contributed by atoms with Crippen molar-refractivity contribution in [2.45, 2.75) is 57.5 Å². The first-order valence-corrected chi connectivity index (χ1v) is 8.21. The predicted octanol–water partition coefficient (Wildman–Crippen LogP) is 4.10. The Morgan fingerprint density at radius 2 is 1.95 bits per heavy atom. The number of unbranched alkanes of at least 4 members (excludes halogenated alkanes) is 2. The molecule has 0 heterocycles. The van der Waals surface area contributed by atoms with Gasteiger partial charge in [0.15, 0.2) is 0 Å². The van der Waals surface area contributed by atoms with E-state index < -0.39 is 0 Å². The van der Waals surface area contributed by atoms with Gasteiger partial charge in [0.2, 0.25) is 0 Å². The van der Waals surface area contributed by atoms with Gasteiger partial charge < -0.3 is 10.5 Å². The third-order valence-electron chi connectivity index (χ3n) is 4.58. The second kappa shape index (κ2) is 8.43. The highest BCUT2D eigenvalue weighted by atomic mass is 16.5. The van der Waals surface area contributed by atoms with Crippen molar-refractivity contribution < 1.29 is 4.74 Å². The van der Waals surface area contributed by atoms with Crippen molar-refractivity contribution in [2.24, 2.45) is 11.7 Å². The summed E-state index contributed by atoms with van der Waals surface area (Å²) in [6.07, 6.45) is 7.65. The van der Waals surface area contributed by atoms with Gasteiger partial charge in [0.05, 0.1) is 6.10 Å². The van der Waals surface area contributed by atoms with Crippen molar-refractivity contribution in [2.75, 3.05) is 13.2 Å². The van der Waals surface area contributed by atoms with Gasteiger partial charge in [-0.15, -0.1) is 0 Å². The van der Waals surface area contributed by atoms with Crippen molar-refractivity contribution in [3.8, 4) is 0 Å². The van der Waals surface area contributed by atoms with Gasteiger partial charge in [0, 0.05) is 6.61 Å². The first-order chi connectivity index (χ1) is 9.85. The van der Waals surface area contributed by atoms with Crippen LogP contribution in [0.3, 0.4) is 0 Å². The zero-order chi connectivity index (χ0) is 14.2. The maximum atomic E-state index is 6.16. The fourth-order valence-corrected chi connectivity index (χ4v) is 3.28. The second-order valence-electron chi connectivity index (χ2n) is 6.03. The van der Waals surface area contributed by atoms with E-state index in [2.05, 4.69) is 37.3 Å². The molecule has 0 aromatic heterocycles. The van der Waals surface area contributed by atoms with Gasteiger partial charge in [0.25, 0.3) is 0 Å². The molecule has 1 aliphatic rings. The molecular formula is C18H29NO. The third-order valence-corrected chi connectivity index (χ3v) is 4.58. The summed E-state index contributed by atoms with van der Waals surface area (Å²) >= 11 is 0. The first kappa shape index (κ1) is 15.5. The Morgan fingerprint density at radius 1 is 1.15 bits per heavy atom. The van der Waals surface area contributed by atoms with Crippen LogP contribution in [-0.2, 0) is 4.74 Å². The molecule has 2 heteroatoms. The van der Waals surface area contributed by atoms with Crippen LogP contribution in [0, 0.1) is 5.92 Å². The molecule has 0 aliphatic heterocycles. The number of hydrogen-bond donors (Lipinski definition) is 1. The van der Waals surface area contributed by atoms with Crippen molar-refractivity contribution in [1.82, 2.24) is 0 Å². The van der Waals surface area contributed by atoms with E-state index in [4.69, 9.17) is 10.5 Å². The Kier molecular flexibility index (Phi) is 6.55. The minimum Gasteiger partial charge on any atom is -0.378 e. The Labute approximate surface area is 123 Å². The smallest absolute Gasteiger partial charge is 0.0621 e. The first-order valence-electron chi connectivity index (χ1n) is 8.21. The average Bonchev–Trinajstić information content (AvgIpc) is 2.52. The molecule has 112 valence electrons. The number of hydrogen-bond acceptors (Lipinski definition) is 2. The molecule has 2 rings (SSSR count). The molecule has 1 aromatic carbocycles. The van der Waals surface area contributed by atoms with Crippen molar-refractivity contribution in [1.29, 1.82) is 0 Å². The molecule has 0 radical (unpaired) electrons. The van der Waals surface area contributed by atoms with Crippen LogP contribution >= 0.6 is 0 Å². The lowest BCUT2D eigenvalue weighted by Gasteiger charge is -2.35. The van der Waals surface area contributed by atoms with E-state index in [-0.39, 0.29) is 0 Å². The van der Waals surface area contributed by atoms with E-state index in [1.165, 1.54) is 37.7 Å². The molecule has 2 nitrogen and oxygen atoms in total. The Balaban J connectivity index is 1.89. The number of ether oxygens (including phenoxy) is 1. The molecule has 0 saturated heterocycles. The Morgan fingerprint density at radius 3 is 2.65 bits per heavy atom. The van der Waals surface area contributed by atoms with Crippen molar-refractivity contribution >= 4 is 0 Å². The fraction of sp³-hybridized carbons (Fsp3) is 0.667. The molecule has 0 amide bonds. The van der Waals surface area contributed by atoms with Crippen LogP contribution in [0.25, 0.3) is 0 Å². The quantitative estimate of drug-likeness (QED) is 0.760. The summed E-state index contributed by atoms with van der Waals surface area (Å²) in [5, 5.41) is 0. The molecule has 1 aromatic rings. The highest BCUT2D eigenvalue weighted by Crippen LogP contribution is 2.37. The second-order valence-corrected chi connectivity index (χ2v) is 6.03. The van der Waals surface area contributed by atoms with E-state index in [1.54, 1.807) is 0 Å². The van der Waals surface area contributed by atoms with E-state index in [1.807, 2.05) is 0 Å². The maximum Gasteiger partial charge on any atom is 0.0621 e. The van der Waals surface area contributed by atoms with Crippen LogP contribution in [0.1, 0.15) is 56.9 Å². The normalized spacial score (nSPS) is 26.6. The average molecular weight is 275 g/mol. The largest absolute Gasteiger partial charge is 0.378 e. The number of benzene rings is 1. The molecule has 3 atom stereocenters. The molecular weight excluding hydrogens is 246 g/mol. The third kappa shape index (κ3) is 4.32. The van der Waals surface area contributed by atoms with Gasteiger partial charge >= 0.3 is 0 Å². The topological polar surface area (TPSA) is 35.2 Å². The number of nitrogens with two attached hydrogens (primary N) is 1. The summed E-state index contributed by atoms with van der Waals surface area (Å²) in [7, 11) is 0. The summed E-state index contributed by atoms with van der Waals surface area (Å²) < 4.78 is 6.16. The van der Waals surface area contributed by atoms with Crippen LogP contribution in [0.5, 0.6) is 0 Å². The van der Waals surface area contributed by atoms with Gasteiger partial charge in [-0.05, 0) is 49.6 Å². The lowest BCUT2D eigenvalue weighted by molar-refractivity contribution is -0.0150. The zero-order valence-corrected chi connectivity index (χ0v) is 12.8. The van der Waals surface area contributed by atoms with E-state index in [9.17, 15) is 0 Å². The summed E-state index contributed by atoms with van der Waals surface area (Å²) in [6.45, 7) is 3.89. The summed E-state index contributed by atoms with van der Waals surface area (Å²) in [5.41, 5.74) is 7.39. The molecule has 1 saturated carbocycles. The lowest BCUT2D eigenvalue weighted by atomic mass is 9.77. The van der Waals surface area contributed by atoms with Crippen LogP contribution in [0.15, 0.2) is 30.3 Å². The van der Waals surface area contributed by atoms with Gasteiger partial charge in [-0.1, -0.05) is 50.1 Å². The molecule has 20 heavy (non-hydrogen) atoms. The van der Waals surface area contributed by atoms with Crippen molar-refractivity contribution in [3.63, 3.8) is 0 Å². The zero-order valence-electron chi connectivity index (χ0n) is 12.8. The van der Waals surface area contributed by atoms with Crippen molar-refractivity contribution in [3.05, 3.63) is 35.9 Å². The maximum absolute atomic E-state index is 6.16. The highest BCUT2D eigenvalue weighted by Gasteiger charge is 2.30. The van der Waals surface area contributed by atoms with E-state index in [0.29, 0.717) is 17.9 Å². The van der Waals surface area contributed by atoms with Gasteiger partial charge in [-0.3, -0.25) is 0 Å². The van der Waals surface area contributed by atoms with E-state index >= 15 is 0 Å². The molecule has 1 fully saturated rings. The molecule has 1 aliphatic carbocycles. The SMILES string of the molecule is CCCCCOC1CC(c2ccccc2)CCC1CN. The minimum atomic E-state index is 0.357. The standard InChI is InChI=1S/C18H29NO/c1-2-3-7-12-20-18-13-16(10-11-17(18)14-19)15-8-5-4-6-9-15/h4-6,8-9,16-18H,2-3,7,10-14,19H2,1H3. The van der Waals surface area contributed by atoms with Gasteiger partial charge in [-0.25, -0.2) is 0 Å². The van der Waals surface area contributed by atoms with Gasteiger partial charge in [0.1, 0.15) is 0 Å². The molecule has 0 spiro atoms. The predicted molar refractivity (Wildman–Crippen MR) is 84.8 cm³/mol. The lowest BCUT2D eigenvalue weighted by Crippen LogP contribution is -2.36. The van der Waals surface area contributed by atoms with E-state index in [0.717, 1.165) is 19.6 Å². The molecule has 2 N–H and O–H groups in total.